The summed E-state index contributed by atoms with van der Waals surface area (Å²) in [4.78, 5) is 26.5. The Kier molecular flexibility index (Phi) is 7.37. The maximum Gasteiger partial charge on any atom is 0.265 e. The van der Waals surface area contributed by atoms with Crippen LogP contribution in [0.4, 0.5) is 5.69 Å². The van der Waals surface area contributed by atoms with E-state index >= 15 is 0 Å². The Morgan fingerprint density at radius 2 is 2.10 bits per heavy atom. The van der Waals surface area contributed by atoms with E-state index in [1.165, 1.54) is 23.8 Å². The Labute approximate surface area is 198 Å². The zero-order chi connectivity index (χ0) is 21.8. The van der Waals surface area contributed by atoms with Crippen LogP contribution in [0.25, 0.3) is 6.08 Å². The molecule has 1 aliphatic rings. The van der Waals surface area contributed by atoms with Gasteiger partial charge in [-0.2, -0.15) is 0 Å². The fourth-order valence-corrected chi connectivity index (χ4v) is 4.68. The van der Waals surface area contributed by atoms with Crippen molar-refractivity contribution in [1.29, 1.82) is 0 Å². The second kappa shape index (κ2) is 9.80. The molecule has 0 bridgehead atoms. The highest BCUT2D eigenvalue weighted by Crippen LogP contribution is 2.37. The number of nitrogens with zero attached hydrogens (tertiary/aromatic N) is 1. The summed E-state index contributed by atoms with van der Waals surface area (Å²) in [7, 11) is 3.18. The summed E-state index contributed by atoms with van der Waals surface area (Å²) in [5.74, 6) is 0.544. The fraction of sp³-hybridized carbons (Fsp3) is 0.190. The van der Waals surface area contributed by atoms with E-state index in [1.807, 2.05) is 37.3 Å². The van der Waals surface area contributed by atoms with Gasteiger partial charge in [-0.05, 0) is 71.0 Å². The first-order chi connectivity index (χ1) is 14.3. The molecule has 156 valence electrons. The Morgan fingerprint density at radius 1 is 1.33 bits per heavy atom. The summed E-state index contributed by atoms with van der Waals surface area (Å²) >= 11 is 8.54. The van der Waals surface area contributed by atoms with E-state index in [4.69, 9.17) is 21.7 Å². The third kappa shape index (κ3) is 5.32. The maximum absolute atomic E-state index is 12.3. The van der Waals surface area contributed by atoms with Crippen LogP contribution in [0.1, 0.15) is 11.1 Å². The molecule has 2 aromatic rings. The second-order valence-electron chi connectivity index (χ2n) is 6.48. The number of thiocarbonyl (C=S) groups is 1. The van der Waals surface area contributed by atoms with Crippen molar-refractivity contribution in [1.82, 2.24) is 4.90 Å². The zero-order valence-electron chi connectivity index (χ0n) is 16.5. The molecule has 1 heterocycles. The van der Waals surface area contributed by atoms with E-state index in [-0.39, 0.29) is 18.4 Å². The molecule has 1 fully saturated rings. The number of carbonyl (C=O) groups is 2. The number of anilines is 1. The molecule has 9 heteroatoms. The molecule has 1 N–H and O–H groups in total. The number of halogens is 1. The van der Waals surface area contributed by atoms with Crippen molar-refractivity contribution < 1.29 is 19.1 Å². The van der Waals surface area contributed by atoms with Gasteiger partial charge >= 0.3 is 0 Å². The lowest BCUT2D eigenvalue weighted by molar-refractivity contribution is -0.121. The molecular weight excluding hydrogens is 535 g/mol. The Morgan fingerprint density at radius 3 is 2.73 bits per heavy atom. The first-order valence-electron chi connectivity index (χ1n) is 8.87. The number of amides is 2. The zero-order valence-corrected chi connectivity index (χ0v) is 20.3. The van der Waals surface area contributed by atoms with Crippen molar-refractivity contribution in [3.05, 3.63) is 56.0 Å². The minimum absolute atomic E-state index is 0.132. The number of aryl methyl sites for hydroxylation is 1. The molecule has 2 aromatic carbocycles. The normalized spacial score (nSPS) is 14.9. The lowest BCUT2D eigenvalue weighted by Crippen LogP contribution is -2.22. The summed E-state index contributed by atoms with van der Waals surface area (Å²) in [6, 6.07) is 11.2. The van der Waals surface area contributed by atoms with Gasteiger partial charge in [0, 0.05) is 12.7 Å². The molecule has 6 nitrogen and oxygen atoms in total. The smallest absolute Gasteiger partial charge is 0.265 e. The van der Waals surface area contributed by atoms with Crippen LogP contribution in [0.15, 0.2) is 41.3 Å². The van der Waals surface area contributed by atoms with Gasteiger partial charge in [-0.3, -0.25) is 14.5 Å². The average Bonchev–Trinajstić information content (AvgIpc) is 2.93. The molecule has 0 radical (unpaired) electrons. The summed E-state index contributed by atoms with van der Waals surface area (Å²) in [6.45, 7) is 1.80. The van der Waals surface area contributed by atoms with Crippen molar-refractivity contribution in [3.63, 3.8) is 0 Å². The van der Waals surface area contributed by atoms with Crippen molar-refractivity contribution in [2.45, 2.75) is 6.92 Å². The SMILES string of the molecule is COc1cc(/C=C2\SC(=S)N(C)C2=O)cc(I)c1OCC(=O)Nc1cccc(C)c1. The topological polar surface area (TPSA) is 67.9 Å². The minimum atomic E-state index is -0.269. The molecule has 1 saturated heterocycles. The minimum Gasteiger partial charge on any atom is -0.493 e. The van der Waals surface area contributed by atoms with Crippen LogP contribution in [0, 0.1) is 10.5 Å². The van der Waals surface area contributed by atoms with Gasteiger partial charge in [-0.15, -0.1) is 0 Å². The quantitative estimate of drug-likeness (QED) is 0.323. The first-order valence-corrected chi connectivity index (χ1v) is 11.2. The van der Waals surface area contributed by atoms with Gasteiger partial charge in [-0.25, -0.2) is 0 Å². The van der Waals surface area contributed by atoms with Gasteiger partial charge in [0.1, 0.15) is 4.32 Å². The number of methoxy groups -OCH3 is 1. The molecular formula is C21H19IN2O4S2. The molecule has 1 aliphatic heterocycles. The van der Waals surface area contributed by atoms with Gasteiger partial charge in [0.15, 0.2) is 18.1 Å². The monoisotopic (exact) mass is 554 g/mol. The molecule has 0 saturated carbocycles. The predicted molar refractivity (Wildman–Crippen MR) is 132 cm³/mol. The predicted octanol–water partition coefficient (Wildman–Crippen LogP) is 4.46. The lowest BCUT2D eigenvalue weighted by Gasteiger charge is -2.14. The molecule has 30 heavy (non-hydrogen) atoms. The van der Waals surface area contributed by atoms with E-state index in [0.717, 1.165) is 14.7 Å². The highest BCUT2D eigenvalue weighted by molar-refractivity contribution is 14.1. The standard InChI is InChI=1S/C21H19IN2O4S2/c1-12-5-4-6-14(7-12)23-18(25)11-28-19-15(22)8-13(9-16(19)27-3)10-17-20(26)24(2)21(29)30-17/h4-10H,11H2,1-3H3,(H,23,25)/b17-10-. The highest BCUT2D eigenvalue weighted by Gasteiger charge is 2.28. The molecule has 0 aromatic heterocycles. The van der Waals surface area contributed by atoms with Crippen molar-refractivity contribution in [2.75, 3.05) is 26.1 Å². The first kappa shape index (κ1) is 22.6. The summed E-state index contributed by atoms with van der Waals surface area (Å²) < 4.78 is 12.5. The van der Waals surface area contributed by atoms with E-state index in [9.17, 15) is 9.59 Å². The van der Waals surface area contributed by atoms with E-state index in [1.54, 1.807) is 19.2 Å². The number of likely N-dealkylation sites (N-methyl/N-ethyl adjacent to an activating group) is 1. The molecule has 0 unspecified atom stereocenters. The number of nitrogens with one attached hydrogen (secondary N) is 1. The van der Waals surface area contributed by atoms with Crippen molar-refractivity contribution in [3.8, 4) is 11.5 Å². The highest BCUT2D eigenvalue weighted by atomic mass is 127. The number of benzene rings is 2. The number of rotatable bonds is 6. The Hall–Kier alpha value is -2.11. The van der Waals surface area contributed by atoms with Gasteiger partial charge < -0.3 is 14.8 Å². The van der Waals surface area contributed by atoms with Crippen molar-refractivity contribution >= 4 is 74.5 Å². The molecule has 0 atom stereocenters. The Balaban J connectivity index is 1.74. The Bertz CT molecular complexity index is 1060. The average molecular weight is 554 g/mol. The fourth-order valence-electron chi connectivity index (χ4n) is 2.72. The van der Waals surface area contributed by atoms with Gasteiger partial charge in [0.2, 0.25) is 0 Å². The number of ether oxygens (including phenoxy) is 2. The van der Waals surface area contributed by atoms with E-state index < -0.39 is 0 Å². The lowest BCUT2D eigenvalue weighted by atomic mass is 10.2. The summed E-state index contributed by atoms with van der Waals surface area (Å²) in [6.07, 6.45) is 1.77. The number of hydrogen-bond donors (Lipinski definition) is 1. The molecule has 2 amide bonds. The van der Waals surface area contributed by atoms with Crippen LogP contribution in [-0.2, 0) is 9.59 Å². The van der Waals surface area contributed by atoms with Gasteiger partial charge in [-0.1, -0.05) is 36.1 Å². The molecule has 0 aliphatic carbocycles. The van der Waals surface area contributed by atoms with Crippen LogP contribution in [-0.4, -0.2) is 41.8 Å². The van der Waals surface area contributed by atoms with Crippen LogP contribution < -0.4 is 14.8 Å². The maximum atomic E-state index is 12.3. The van der Waals surface area contributed by atoms with Crippen LogP contribution in [0.5, 0.6) is 11.5 Å². The van der Waals surface area contributed by atoms with Crippen molar-refractivity contribution in [2.24, 2.45) is 0 Å². The largest absolute Gasteiger partial charge is 0.493 e. The molecule has 0 spiro atoms. The van der Waals surface area contributed by atoms with Crippen LogP contribution >= 0.6 is 46.6 Å². The summed E-state index contributed by atoms with van der Waals surface area (Å²) in [5, 5.41) is 2.81. The summed E-state index contributed by atoms with van der Waals surface area (Å²) in [5.41, 5.74) is 2.55. The van der Waals surface area contributed by atoms with Crippen LogP contribution in [0.2, 0.25) is 0 Å². The second-order valence-corrected chi connectivity index (χ2v) is 9.32. The van der Waals surface area contributed by atoms with E-state index in [0.29, 0.717) is 26.4 Å². The third-order valence-corrected chi connectivity index (χ3v) is 6.47. The van der Waals surface area contributed by atoms with E-state index in [2.05, 4.69) is 27.9 Å². The number of carbonyl (C=O) groups excluding carboxylic acids is 2. The molecule has 3 rings (SSSR count). The van der Waals surface area contributed by atoms with Crippen LogP contribution in [0.3, 0.4) is 0 Å². The van der Waals surface area contributed by atoms with Gasteiger partial charge in [0.25, 0.3) is 11.8 Å². The number of thioether (sulfide) groups is 1. The van der Waals surface area contributed by atoms with Gasteiger partial charge in [0.05, 0.1) is 15.6 Å². The third-order valence-electron chi connectivity index (χ3n) is 4.19. The number of hydrogen-bond acceptors (Lipinski definition) is 6.